The van der Waals surface area contributed by atoms with Crippen LogP contribution in [-0.4, -0.2) is 19.7 Å². The Hall–Kier alpha value is -3.58. The van der Waals surface area contributed by atoms with Crippen molar-refractivity contribution in [2.75, 3.05) is 13.7 Å². The molecule has 0 spiro atoms. The first kappa shape index (κ1) is 19.7. The fourth-order valence-electron chi connectivity index (χ4n) is 2.97. The van der Waals surface area contributed by atoms with Crippen molar-refractivity contribution >= 4 is 27.6 Å². The number of rotatable bonds is 6. The summed E-state index contributed by atoms with van der Waals surface area (Å²) in [7, 11) is 1.58. The molecule has 0 radical (unpaired) electrons. The van der Waals surface area contributed by atoms with Crippen LogP contribution in [0.4, 0.5) is 0 Å². The molecule has 0 unspecified atom stereocenters. The van der Waals surface area contributed by atoms with Crippen LogP contribution in [-0.2, 0) is 4.79 Å². The lowest BCUT2D eigenvalue weighted by molar-refractivity contribution is -0.136. The van der Waals surface area contributed by atoms with Crippen LogP contribution in [0.25, 0.3) is 21.4 Å². The average molecular weight is 422 g/mol. The molecule has 0 aliphatic rings. The molecule has 0 aliphatic carbocycles. The number of hydrogen-bond donors (Lipinski definition) is 0. The van der Waals surface area contributed by atoms with Crippen LogP contribution in [0.15, 0.2) is 69.9 Å². The smallest absolute Gasteiger partial charge is 0.396 e. The maximum Gasteiger partial charge on any atom is 0.396 e. The molecule has 0 saturated heterocycles. The van der Waals surface area contributed by atoms with Gasteiger partial charge in [0.15, 0.2) is 6.61 Å². The highest BCUT2D eigenvalue weighted by Crippen LogP contribution is 2.39. The first-order valence-electron chi connectivity index (χ1n) is 9.15. The van der Waals surface area contributed by atoms with E-state index in [4.69, 9.17) is 18.6 Å². The summed E-state index contributed by atoms with van der Waals surface area (Å²) in [4.78, 5) is 23.8. The Bertz CT molecular complexity index is 1240. The third kappa shape index (κ3) is 4.21. The van der Waals surface area contributed by atoms with Crippen LogP contribution in [0.1, 0.15) is 5.56 Å². The van der Waals surface area contributed by atoms with Gasteiger partial charge in [-0.2, -0.15) is 0 Å². The van der Waals surface area contributed by atoms with Gasteiger partial charge < -0.3 is 18.6 Å². The Morgan fingerprint density at radius 3 is 2.37 bits per heavy atom. The molecule has 0 saturated carbocycles. The zero-order valence-corrected chi connectivity index (χ0v) is 17.2. The molecule has 0 N–H and O–H groups in total. The second kappa shape index (κ2) is 8.42. The number of ether oxygens (including phenoxy) is 3. The SMILES string of the molecule is COc1ccc(-c2c(OC(=O)COc3ccc(C)cc3)ccc3oc(=O)sc23)cc1. The number of aryl methyl sites for hydroxylation is 1. The first-order chi connectivity index (χ1) is 14.5. The minimum atomic E-state index is -0.555. The highest BCUT2D eigenvalue weighted by Gasteiger charge is 2.18. The average Bonchev–Trinajstić information content (AvgIpc) is 3.13. The maximum absolute atomic E-state index is 12.4. The van der Waals surface area contributed by atoms with E-state index in [0.29, 0.717) is 33.1 Å². The molecule has 152 valence electrons. The fourth-order valence-corrected chi connectivity index (χ4v) is 3.79. The number of hydrogen-bond acceptors (Lipinski definition) is 7. The molecule has 30 heavy (non-hydrogen) atoms. The van der Waals surface area contributed by atoms with Crippen molar-refractivity contribution in [3.05, 3.63) is 76.0 Å². The van der Waals surface area contributed by atoms with E-state index in [0.717, 1.165) is 22.5 Å². The zero-order valence-electron chi connectivity index (χ0n) is 16.3. The molecule has 6 nitrogen and oxygen atoms in total. The van der Waals surface area contributed by atoms with Crippen molar-refractivity contribution in [1.82, 2.24) is 0 Å². The van der Waals surface area contributed by atoms with E-state index in [1.165, 1.54) is 0 Å². The highest BCUT2D eigenvalue weighted by atomic mass is 32.1. The lowest BCUT2D eigenvalue weighted by Gasteiger charge is -2.12. The predicted molar refractivity (Wildman–Crippen MR) is 115 cm³/mol. The van der Waals surface area contributed by atoms with Gasteiger partial charge in [-0.05, 0) is 48.9 Å². The van der Waals surface area contributed by atoms with Crippen molar-refractivity contribution in [2.24, 2.45) is 0 Å². The van der Waals surface area contributed by atoms with Crippen LogP contribution < -0.4 is 19.1 Å². The quantitative estimate of drug-likeness (QED) is 0.327. The van der Waals surface area contributed by atoms with E-state index in [1.54, 1.807) is 43.5 Å². The molecule has 0 atom stereocenters. The van der Waals surface area contributed by atoms with Gasteiger partial charge in [0.2, 0.25) is 0 Å². The van der Waals surface area contributed by atoms with Crippen LogP contribution >= 0.6 is 11.3 Å². The van der Waals surface area contributed by atoms with Gasteiger partial charge in [-0.25, -0.2) is 9.59 Å². The van der Waals surface area contributed by atoms with Crippen molar-refractivity contribution < 1.29 is 23.4 Å². The molecule has 4 aromatic rings. The Morgan fingerprint density at radius 2 is 1.67 bits per heavy atom. The Labute approximate surface area is 176 Å². The van der Waals surface area contributed by atoms with E-state index < -0.39 is 10.9 Å². The number of fused-ring (bicyclic) bond motifs is 1. The molecule has 1 heterocycles. The summed E-state index contributed by atoms with van der Waals surface area (Å²) >= 11 is 0.960. The third-order valence-corrected chi connectivity index (χ3v) is 5.30. The van der Waals surface area contributed by atoms with E-state index in [1.807, 2.05) is 31.2 Å². The Morgan fingerprint density at radius 1 is 0.967 bits per heavy atom. The van der Waals surface area contributed by atoms with E-state index in [9.17, 15) is 9.59 Å². The number of carbonyl (C=O) groups excluding carboxylic acids is 1. The first-order valence-corrected chi connectivity index (χ1v) is 9.96. The standard InChI is InChI=1S/C23H18O6S/c1-14-3-7-17(8-4-14)27-13-20(24)28-18-11-12-19-22(30-23(25)29-19)21(18)15-5-9-16(26-2)10-6-15/h3-12H,13H2,1-2H3. The maximum atomic E-state index is 12.4. The van der Waals surface area contributed by atoms with Crippen LogP contribution in [0.5, 0.6) is 17.2 Å². The van der Waals surface area contributed by atoms with Crippen LogP contribution in [0.3, 0.4) is 0 Å². The number of esters is 1. The molecular formula is C23H18O6S. The largest absolute Gasteiger partial charge is 0.497 e. The molecule has 0 aliphatic heterocycles. The summed E-state index contributed by atoms with van der Waals surface area (Å²) in [5.41, 5.74) is 2.91. The molecule has 3 aromatic carbocycles. The van der Waals surface area contributed by atoms with Gasteiger partial charge >= 0.3 is 10.9 Å². The molecule has 0 bridgehead atoms. The minimum Gasteiger partial charge on any atom is -0.497 e. The van der Waals surface area contributed by atoms with Crippen molar-refractivity contribution in [3.63, 3.8) is 0 Å². The number of methoxy groups -OCH3 is 1. The molecule has 4 rings (SSSR count). The molecule has 0 fully saturated rings. The minimum absolute atomic E-state index is 0.245. The summed E-state index contributed by atoms with van der Waals surface area (Å²) in [6, 6.07) is 17.9. The molecular weight excluding hydrogens is 404 g/mol. The van der Waals surface area contributed by atoms with E-state index in [-0.39, 0.29) is 6.61 Å². The van der Waals surface area contributed by atoms with Gasteiger partial charge in [-0.3, -0.25) is 0 Å². The van der Waals surface area contributed by atoms with Crippen molar-refractivity contribution in [2.45, 2.75) is 6.92 Å². The summed E-state index contributed by atoms with van der Waals surface area (Å²) in [5, 5.41) is 0. The van der Waals surface area contributed by atoms with Gasteiger partial charge in [-0.15, -0.1) is 0 Å². The molecule has 7 heteroatoms. The third-order valence-electron chi connectivity index (χ3n) is 4.44. The van der Waals surface area contributed by atoms with Crippen molar-refractivity contribution in [3.8, 4) is 28.4 Å². The predicted octanol–water partition coefficient (Wildman–Crippen LogP) is 4.82. The summed E-state index contributed by atoms with van der Waals surface area (Å²) in [6.45, 7) is 1.73. The Balaban J connectivity index is 1.63. The van der Waals surface area contributed by atoms with E-state index in [2.05, 4.69) is 0 Å². The van der Waals surface area contributed by atoms with Gasteiger partial charge in [0, 0.05) is 5.56 Å². The van der Waals surface area contributed by atoms with E-state index >= 15 is 0 Å². The summed E-state index contributed by atoms with van der Waals surface area (Å²) < 4.78 is 22.1. The van der Waals surface area contributed by atoms with Gasteiger partial charge in [0.25, 0.3) is 0 Å². The zero-order chi connectivity index (χ0) is 21.1. The van der Waals surface area contributed by atoms with Crippen molar-refractivity contribution in [1.29, 1.82) is 0 Å². The van der Waals surface area contributed by atoms with Gasteiger partial charge in [0.05, 0.1) is 11.8 Å². The summed E-state index contributed by atoms with van der Waals surface area (Å²) in [5.74, 6) is 1.04. The van der Waals surface area contributed by atoms with Crippen LogP contribution in [0.2, 0.25) is 0 Å². The Kier molecular flexibility index (Phi) is 5.54. The number of carbonyl (C=O) groups is 1. The second-order valence-electron chi connectivity index (χ2n) is 6.52. The van der Waals surface area contributed by atoms with Gasteiger partial charge in [0.1, 0.15) is 22.8 Å². The normalized spacial score (nSPS) is 10.7. The number of benzene rings is 3. The molecule has 1 aromatic heterocycles. The van der Waals surface area contributed by atoms with Gasteiger partial charge in [-0.1, -0.05) is 41.2 Å². The monoisotopic (exact) mass is 422 g/mol. The molecule has 0 amide bonds. The summed E-state index contributed by atoms with van der Waals surface area (Å²) in [6.07, 6.45) is 0. The lowest BCUT2D eigenvalue weighted by Crippen LogP contribution is -2.18. The lowest BCUT2D eigenvalue weighted by atomic mass is 10.0. The highest BCUT2D eigenvalue weighted by molar-refractivity contribution is 7.16. The van der Waals surface area contributed by atoms with Crippen LogP contribution in [0, 0.1) is 6.92 Å². The second-order valence-corrected chi connectivity index (χ2v) is 7.47. The topological polar surface area (TPSA) is 75.0 Å². The fraction of sp³-hybridized carbons (Fsp3) is 0.130.